The first-order valence-corrected chi connectivity index (χ1v) is 5.71. The molecule has 0 unspecified atom stereocenters. The van der Waals surface area contributed by atoms with Gasteiger partial charge in [0.25, 0.3) is 0 Å². The van der Waals surface area contributed by atoms with Gasteiger partial charge in [0.1, 0.15) is 0 Å². The third kappa shape index (κ3) is 2.08. The summed E-state index contributed by atoms with van der Waals surface area (Å²) in [5, 5.41) is 4.29. The average molecular weight is 230 g/mol. The van der Waals surface area contributed by atoms with Crippen molar-refractivity contribution in [3.05, 3.63) is 34.6 Å². The summed E-state index contributed by atoms with van der Waals surface area (Å²) in [6.45, 7) is 6.68. The molecule has 4 nitrogen and oxygen atoms in total. The molecule has 1 heterocycles. The Bertz CT molecular complexity index is 532. The van der Waals surface area contributed by atoms with Gasteiger partial charge in [0, 0.05) is 12.6 Å². The van der Waals surface area contributed by atoms with Gasteiger partial charge in [-0.15, -0.1) is 0 Å². The molecule has 1 aromatic heterocycles. The van der Waals surface area contributed by atoms with Crippen molar-refractivity contribution in [2.75, 3.05) is 0 Å². The number of aryl methyl sites for hydroxylation is 4. The second kappa shape index (κ2) is 4.30. The van der Waals surface area contributed by atoms with Gasteiger partial charge < -0.3 is 5.73 Å². The van der Waals surface area contributed by atoms with Crippen LogP contribution in [-0.2, 0) is 13.6 Å². The Morgan fingerprint density at radius 3 is 2.24 bits per heavy atom. The monoisotopic (exact) mass is 230 g/mol. The molecule has 17 heavy (non-hydrogen) atoms. The maximum Gasteiger partial charge on any atom is 0.164 e. The Hall–Kier alpha value is -1.68. The van der Waals surface area contributed by atoms with Crippen molar-refractivity contribution < 1.29 is 0 Å². The molecule has 0 spiro atoms. The SMILES string of the molecule is Cc1cc(C)c(-c2nc(CN)nn2C)c(C)c1. The molecule has 0 aliphatic rings. The van der Waals surface area contributed by atoms with E-state index in [1.54, 1.807) is 4.68 Å². The van der Waals surface area contributed by atoms with E-state index >= 15 is 0 Å². The molecule has 0 atom stereocenters. The highest BCUT2D eigenvalue weighted by molar-refractivity contribution is 5.65. The minimum Gasteiger partial charge on any atom is -0.324 e. The Morgan fingerprint density at radius 1 is 1.18 bits per heavy atom. The Kier molecular flexibility index (Phi) is 2.98. The zero-order valence-electron chi connectivity index (χ0n) is 10.8. The van der Waals surface area contributed by atoms with E-state index in [0.29, 0.717) is 12.4 Å². The molecule has 0 saturated heterocycles. The van der Waals surface area contributed by atoms with Crippen LogP contribution < -0.4 is 5.73 Å². The Balaban J connectivity index is 2.63. The molecule has 2 rings (SSSR count). The summed E-state index contributed by atoms with van der Waals surface area (Å²) in [5.74, 6) is 1.57. The van der Waals surface area contributed by atoms with Gasteiger partial charge in [0.15, 0.2) is 11.6 Å². The first-order valence-electron chi connectivity index (χ1n) is 5.71. The first-order chi connectivity index (χ1) is 8.02. The summed E-state index contributed by atoms with van der Waals surface area (Å²) in [4.78, 5) is 4.48. The largest absolute Gasteiger partial charge is 0.324 e. The van der Waals surface area contributed by atoms with Crippen LogP contribution in [0.4, 0.5) is 0 Å². The third-order valence-electron chi connectivity index (χ3n) is 2.89. The predicted molar refractivity (Wildman–Crippen MR) is 68.5 cm³/mol. The molecule has 4 heteroatoms. The molecule has 2 N–H and O–H groups in total. The maximum atomic E-state index is 5.57. The molecule has 0 amide bonds. The number of nitrogens with zero attached hydrogens (tertiary/aromatic N) is 3. The highest BCUT2D eigenvalue weighted by Gasteiger charge is 2.13. The van der Waals surface area contributed by atoms with Gasteiger partial charge in [0.2, 0.25) is 0 Å². The minimum atomic E-state index is 0.373. The Labute approximate surface area is 101 Å². The molecule has 0 fully saturated rings. The van der Waals surface area contributed by atoms with E-state index in [2.05, 4.69) is 43.0 Å². The number of hydrogen-bond donors (Lipinski definition) is 1. The Morgan fingerprint density at radius 2 is 1.76 bits per heavy atom. The number of hydrogen-bond acceptors (Lipinski definition) is 3. The normalized spacial score (nSPS) is 10.9. The fourth-order valence-electron chi connectivity index (χ4n) is 2.27. The number of nitrogens with two attached hydrogens (primary N) is 1. The van der Waals surface area contributed by atoms with Gasteiger partial charge in [-0.05, 0) is 31.9 Å². The van der Waals surface area contributed by atoms with Crippen LogP contribution in [0.25, 0.3) is 11.4 Å². The van der Waals surface area contributed by atoms with Crippen LogP contribution >= 0.6 is 0 Å². The smallest absolute Gasteiger partial charge is 0.164 e. The maximum absolute atomic E-state index is 5.57. The van der Waals surface area contributed by atoms with Crippen LogP contribution in [0.1, 0.15) is 22.5 Å². The standard InChI is InChI=1S/C13H18N4/c1-8-5-9(2)12(10(3)6-8)13-15-11(7-14)16-17(13)4/h5-6H,7,14H2,1-4H3. The van der Waals surface area contributed by atoms with Crippen molar-refractivity contribution in [2.45, 2.75) is 27.3 Å². The van der Waals surface area contributed by atoms with Crippen LogP contribution in [0.15, 0.2) is 12.1 Å². The summed E-state index contributed by atoms with van der Waals surface area (Å²) >= 11 is 0. The van der Waals surface area contributed by atoms with Gasteiger partial charge >= 0.3 is 0 Å². The van der Waals surface area contributed by atoms with Crippen molar-refractivity contribution in [3.8, 4) is 11.4 Å². The van der Waals surface area contributed by atoms with Gasteiger partial charge in [-0.2, -0.15) is 5.10 Å². The second-order valence-corrected chi connectivity index (χ2v) is 4.45. The van der Waals surface area contributed by atoms with E-state index in [1.165, 1.54) is 16.7 Å². The summed E-state index contributed by atoms with van der Waals surface area (Å²) in [6.07, 6.45) is 0. The van der Waals surface area contributed by atoms with Crippen LogP contribution in [-0.4, -0.2) is 14.8 Å². The lowest BCUT2D eigenvalue weighted by atomic mass is 9.99. The van der Waals surface area contributed by atoms with Crippen molar-refractivity contribution in [1.29, 1.82) is 0 Å². The van der Waals surface area contributed by atoms with E-state index < -0.39 is 0 Å². The van der Waals surface area contributed by atoms with Gasteiger partial charge in [-0.3, -0.25) is 0 Å². The van der Waals surface area contributed by atoms with Gasteiger partial charge in [0.05, 0.1) is 6.54 Å². The first kappa shape index (κ1) is 11.8. The molecule has 0 radical (unpaired) electrons. The van der Waals surface area contributed by atoms with E-state index in [-0.39, 0.29) is 0 Å². The van der Waals surface area contributed by atoms with Crippen molar-refractivity contribution in [1.82, 2.24) is 14.8 Å². The molecular formula is C13H18N4. The van der Waals surface area contributed by atoms with E-state index in [0.717, 1.165) is 11.4 Å². The van der Waals surface area contributed by atoms with E-state index in [9.17, 15) is 0 Å². The van der Waals surface area contributed by atoms with E-state index in [1.807, 2.05) is 7.05 Å². The summed E-state index contributed by atoms with van der Waals surface area (Å²) < 4.78 is 1.80. The lowest BCUT2D eigenvalue weighted by Gasteiger charge is -2.10. The summed E-state index contributed by atoms with van der Waals surface area (Å²) in [7, 11) is 1.90. The zero-order chi connectivity index (χ0) is 12.6. The molecular weight excluding hydrogens is 212 g/mol. The van der Waals surface area contributed by atoms with Gasteiger partial charge in [-0.25, -0.2) is 9.67 Å². The van der Waals surface area contributed by atoms with Gasteiger partial charge in [-0.1, -0.05) is 17.7 Å². The van der Waals surface area contributed by atoms with E-state index in [4.69, 9.17) is 5.73 Å². The quantitative estimate of drug-likeness (QED) is 0.856. The summed E-state index contributed by atoms with van der Waals surface area (Å²) in [6, 6.07) is 4.33. The fourth-order valence-corrected chi connectivity index (χ4v) is 2.27. The molecule has 90 valence electrons. The highest BCUT2D eigenvalue weighted by Crippen LogP contribution is 2.26. The summed E-state index contributed by atoms with van der Waals surface area (Å²) in [5.41, 5.74) is 10.4. The van der Waals surface area contributed by atoms with Crippen LogP contribution in [0.5, 0.6) is 0 Å². The molecule has 2 aromatic rings. The van der Waals surface area contributed by atoms with Crippen molar-refractivity contribution >= 4 is 0 Å². The molecule has 0 aliphatic heterocycles. The number of benzene rings is 1. The van der Waals surface area contributed by atoms with Crippen molar-refractivity contribution in [2.24, 2.45) is 12.8 Å². The average Bonchev–Trinajstić information content (AvgIpc) is 2.59. The van der Waals surface area contributed by atoms with Crippen LogP contribution in [0.3, 0.4) is 0 Å². The van der Waals surface area contributed by atoms with Crippen LogP contribution in [0, 0.1) is 20.8 Å². The molecule has 1 aromatic carbocycles. The predicted octanol–water partition coefficient (Wildman–Crippen LogP) is 1.87. The number of rotatable bonds is 2. The zero-order valence-corrected chi connectivity index (χ0v) is 10.8. The lowest BCUT2D eigenvalue weighted by Crippen LogP contribution is -2.00. The molecule has 0 bridgehead atoms. The molecule has 0 saturated carbocycles. The third-order valence-corrected chi connectivity index (χ3v) is 2.89. The highest BCUT2D eigenvalue weighted by atomic mass is 15.3. The lowest BCUT2D eigenvalue weighted by molar-refractivity contribution is 0.748. The van der Waals surface area contributed by atoms with Crippen LogP contribution in [0.2, 0.25) is 0 Å². The number of aromatic nitrogens is 3. The second-order valence-electron chi connectivity index (χ2n) is 4.45. The molecule has 0 aliphatic carbocycles. The minimum absolute atomic E-state index is 0.373. The fraction of sp³-hybridized carbons (Fsp3) is 0.385. The topological polar surface area (TPSA) is 56.7 Å². The van der Waals surface area contributed by atoms with Crippen molar-refractivity contribution in [3.63, 3.8) is 0 Å².